The lowest BCUT2D eigenvalue weighted by Crippen LogP contribution is -2.38. The number of aromatic nitrogens is 1. The third kappa shape index (κ3) is 3.88. The Kier molecular flexibility index (Phi) is 5.76. The van der Waals surface area contributed by atoms with Crippen LogP contribution < -0.4 is 10.2 Å². The highest BCUT2D eigenvalue weighted by atomic mass is 35.5. The molecule has 0 spiro atoms. The Morgan fingerprint density at radius 1 is 1.36 bits per heavy atom. The van der Waals surface area contributed by atoms with Crippen LogP contribution in [0.25, 0.3) is 0 Å². The van der Waals surface area contributed by atoms with Gasteiger partial charge in [0.25, 0.3) is 0 Å². The van der Waals surface area contributed by atoms with Gasteiger partial charge in [-0.15, -0.1) is 0 Å². The molecule has 134 valence electrons. The molecule has 0 atom stereocenters. The summed E-state index contributed by atoms with van der Waals surface area (Å²) >= 11 is 6.03. The van der Waals surface area contributed by atoms with E-state index in [1.807, 2.05) is 0 Å². The maximum atomic E-state index is 11.3. The van der Waals surface area contributed by atoms with Crippen LogP contribution in [-0.4, -0.2) is 35.5 Å². The Labute approximate surface area is 153 Å². The second-order valence-electron chi connectivity index (χ2n) is 6.64. The molecule has 0 amide bonds. The number of carbonyl (C=O) groups excluding carboxylic acids is 1. The maximum Gasteiger partial charge on any atom is 0.155 e. The van der Waals surface area contributed by atoms with Gasteiger partial charge in [0.2, 0.25) is 0 Å². The number of allylic oxidation sites excluding steroid dienone is 1. The molecule has 1 aliphatic heterocycles. The van der Waals surface area contributed by atoms with Crippen molar-refractivity contribution in [2.75, 3.05) is 13.2 Å². The monoisotopic (exact) mass is 361 g/mol. The predicted molar refractivity (Wildman–Crippen MR) is 98.7 cm³/mol. The molecule has 6 heteroatoms. The summed E-state index contributed by atoms with van der Waals surface area (Å²) in [6.45, 7) is 5.68. The molecule has 1 aliphatic carbocycles. The number of nitrogens with one attached hydrogen (secondary N) is 1. The van der Waals surface area contributed by atoms with Crippen molar-refractivity contribution < 1.29 is 9.53 Å². The summed E-state index contributed by atoms with van der Waals surface area (Å²) < 4.78 is 5.93. The van der Waals surface area contributed by atoms with Gasteiger partial charge in [-0.25, -0.2) is 5.43 Å². The molecule has 1 aromatic rings. The second kappa shape index (κ2) is 8.02. The van der Waals surface area contributed by atoms with Crippen molar-refractivity contribution in [1.29, 1.82) is 0 Å². The summed E-state index contributed by atoms with van der Waals surface area (Å²) in [4.78, 5) is 15.3. The van der Waals surface area contributed by atoms with E-state index >= 15 is 0 Å². The van der Waals surface area contributed by atoms with Gasteiger partial charge in [-0.3, -0.25) is 9.78 Å². The van der Waals surface area contributed by atoms with Crippen LogP contribution in [0.3, 0.4) is 0 Å². The topological polar surface area (TPSA) is 54.5 Å². The molecule has 2 aliphatic rings. The van der Waals surface area contributed by atoms with Gasteiger partial charge in [0.1, 0.15) is 12.4 Å². The van der Waals surface area contributed by atoms with Crippen LogP contribution in [0.1, 0.15) is 49.9 Å². The van der Waals surface area contributed by atoms with Crippen LogP contribution in [0.2, 0.25) is 5.02 Å². The van der Waals surface area contributed by atoms with Crippen LogP contribution in [0.15, 0.2) is 35.3 Å². The predicted octanol–water partition coefficient (Wildman–Crippen LogP) is 3.91. The SMILES string of the molecule is CC(C)N1NCC=C1C1=C(COc2cncc(Cl)c2C=O)CCCC1. The number of pyridine rings is 1. The van der Waals surface area contributed by atoms with Crippen molar-refractivity contribution in [1.82, 2.24) is 15.4 Å². The average molecular weight is 362 g/mol. The van der Waals surface area contributed by atoms with Crippen LogP contribution in [0, 0.1) is 0 Å². The molecule has 0 saturated heterocycles. The fourth-order valence-electron chi connectivity index (χ4n) is 3.41. The number of rotatable bonds is 6. The molecule has 0 radical (unpaired) electrons. The second-order valence-corrected chi connectivity index (χ2v) is 7.05. The van der Waals surface area contributed by atoms with Crippen molar-refractivity contribution in [3.05, 3.63) is 45.9 Å². The van der Waals surface area contributed by atoms with Crippen molar-refractivity contribution >= 4 is 17.9 Å². The molecule has 1 N–H and O–H groups in total. The molecule has 0 aromatic carbocycles. The van der Waals surface area contributed by atoms with Crippen LogP contribution in [0.4, 0.5) is 0 Å². The Morgan fingerprint density at radius 2 is 2.16 bits per heavy atom. The fraction of sp³-hybridized carbons (Fsp3) is 0.474. The Morgan fingerprint density at radius 3 is 2.92 bits per heavy atom. The average Bonchev–Trinajstić information content (AvgIpc) is 3.10. The Hall–Kier alpha value is -1.85. The van der Waals surface area contributed by atoms with E-state index in [4.69, 9.17) is 16.3 Å². The molecule has 0 bridgehead atoms. The molecule has 0 saturated carbocycles. The number of nitrogens with zero attached hydrogens (tertiary/aromatic N) is 2. The highest BCUT2D eigenvalue weighted by molar-refractivity contribution is 6.33. The minimum Gasteiger partial charge on any atom is -0.487 e. The normalized spacial score (nSPS) is 17.9. The van der Waals surface area contributed by atoms with Gasteiger partial charge >= 0.3 is 0 Å². The quantitative estimate of drug-likeness (QED) is 0.778. The van der Waals surface area contributed by atoms with Crippen LogP contribution >= 0.6 is 11.6 Å². The number of aldehydes is 1. The zero-order valence-corrected chi connectivity index (χ0v) is 15.5. The van der Waals surface area contributed by atoms with E-state index in [0.717, 1.165) is 25.7 Å². The van der Waals surface area contributed by atoms with Gasteiger partial charge in [0.05, 0.1) is 22.5 Å². The highest BCUT2D eigenvalue weighted by Crippen LogP contribution is 2.34. The van der Waals surface area contributed by atoms with Gasteiger partial charge in [-0.2, -0.15) is 0 Å². The third-order valence-electron chi connectivity index (χ3n) is 4.65. The van der Waals surface area contributed by atoms with Crippen molar-refractivity contribution in [3.63, 3.8) is 0 Å². The van der Waals surface area contributed by atoms with Crippen LogP contribution in [-0.2, 0) is 0 Å². The van der Waals surface area contributed by atoms with Crippen molar-refractivity contribution in [3.8, 4) is 5.75 Å². The maximum absolute atomic E-state index is 11.3. The zero-order chi connectivity index (χ0) is 17.8. The van der Waals surface area contributed by atoms with Gasteiger partial charge in [-0.05, 0) is 56.8 Å². The van der Waals surface area contributed by atoms with Crippen LogP contribution in [0.5, 0.6) is 5.75 Å². The molecule has 1 aromatic heterocycles. The number of carbonyl (C=O) groups is 1. The van der Waals surface area contributed by atoms with Crippen molar-refractivity contribution in [2.45, 2.75) is 45.6 Å². The Bertz CT molecular complexity index is 713. The minimum absolute atomic E-state index is 0.319. The molecular weight excluding hydrogens is 338 g/mol. The summed E-state index contributed by atoms with van der Waals surface area (Å²) in [6, 6.07) is 0.393. The molecule has 0 unspecified atom stereocenters. The highest BCUT2D eigenvalue weighted by Gasteiger charge is 2.25. The lowest BCUT2D eigenvalue weighted by atomic mass is 9.89. The summed E-state index contributed by atoms with van der Waals surface area (Å²) in [5.41, 5.74) is 7.71. The molecule has 3 rings (SSSR count). The minimum atomic E-state index is 0.319. The first-order valence-corrected chi connectivity index (χ1v) is 9.15. The van der Waals surface area contributed by atoms with Gasteiger partial charge in [0, 0.05) is 18.8 Å². The third-order valence-corrected chi connectivity index (χ3v) is 4.95. The lowest BCUT2D eigenvalue weighted by molar-refractivity contribution is 0.112. The van der Waals surface area contributed by atoms with E-state index in [9.17, 15) is 4.79 Å². The molecular formula is C19H24ClN3O2. The van der Waals surface area contributed by atoms with Gasteiger partial charge in [-0.1, -0.05) is 11.6 Å². The molecule has 2 heterocycles. The zero-order valence-electron chi connectivity index (χ0n) is 14.7. The first kappa shape index (κ1) is 18.0. The number of hydrogen-bond donors (Lipinski definition) is 1. The molecule has 25 heavy (non-hydrogen) atoms. The van der Waals surface area contributed by atoms with Crippen molar-refractivity contribution in [2.24, 2.45) is 0 Å². The summed E-state index contributed by atoms with van der Waals surface area (Å²) in [7, 11) is 0. The van der Waals surface area contributed by atoms with E-state index in [0.29, 0.717) is 29.0 Å². The van der Waals surface area contributed by atoms with E-state index in [1.165, 1.54) is 35.9 Å². The molecule has 5 nitrogen and oxygen atoms in total. The Balaban J connectivity index is 1.83. The molecule has 0 fully saturated rings. The lowest BCUT2D eigenvalue weighted by Gasteiger charge is -2.31. The summed E-state index contributed by atoms with van der Waals surface area (Å²) in [5, 5.41) is 2.55. The number of halogens is 1. The summed E-state index contributed by atoms with van der Waals surface area (Å²) in [5.74, 6) is 0.444. The first-order valence-electron chi connectivity index (χ1n) is 8.77. The number of ether oxygens (including phenoxy) is 1. The van der Waals surface area contributed by atoms with E-state index in [2.05, 4.69) is 35.3 Å². The van der Waals surface area contributed by atoms with Gasteiger partial charge in [0.15, 0.2) is 6.29 Å². The standard InChI is InChI=1S/C19H24ClN3O2/c1-13(2)23-18(7-8-22-23)15-6-4-3-5-14(15)12-25-19-10-21-9-17(20)16(19)11-24/h7,9-11,13,22H,3-6,8,12H2,1-2H3. The number of hydrogen-bond acceptors (Lipinski definition) is 5. The van der Waals surface area contributed by atoms with Gasteiger partial charge < -0.3 is 9.75 Å². The summed E-state index contributed by atoms with van der Waals surface area (Å²) in [6.07, 6.45) is 10.4. The largest absolute Gasteiger partial charge is 0.487 e. The number of hydrazine groups is 1. The van der Waals surface area contributed by atoms with E-state index in [-0.39, 0.29) is 0 Å². The van der Waals surface area contributed by atoms with E-state index in [1.54, 1.807) is 6.20 Å². The first-order chi connectivity index (χ1) is 12.1. The fourth-order valence-corrected chi connectivity index (χ4v) is 3.61. The van der Waals surface area contributed by atoms with E-state index < -0.39 is 0 Å². The smallest absolute Gasteiger partial charge is 0.155 e.